The number of rotatable bonds is 10. The molecule has 0 aliphatic carbocycles. The topological polar surface area (TPSA) is 175 Å². The molecule has 1 aromatic rings. The summed E-state index contributed by atoms with van der Waals surface area (Å²) in [5, 5.41) is 15.3. The first-order valence-electron chi connectivity index (χ1n) is 16.6. The molecule has 1 aromatic carbocycles. The third kappa shape index (κ3) is 12.4. The molecule has 0 spiro atoms. The maximum absolute atomic E-state index is 14.3. The van der Waals surface area contributed by atoms with Gasteiger partial charge in [-0.15, -0.1) is 11.8 Å². The number of halogens is 2. The highest BCUT2D eigenvalue weighted by Crippen LogP contribution is 2.30. The summed E-state index contributed by atoms with van der Waals surface area (Å²) < 4.78 is 0. The van der Waals surface area contributed by atoms with E-state index in [2.05, 4.69) is 26.6 Å². The number of unbranched alkanes of at least 4 members (excludes halogenated alkanes) is 1. The molecule has 5 atom stereocenters. The lowest BCUT2D eigenvalue weighted by molar-refractivity contribution is -0.136. The van der Waals surface area contributed by atoms with Gasteiger partial charge in [-0.2, -0.15) is 0 Å². The lowest BCUT2D eigenvalue weighted by Crippen LogP contribution is -2.65. The van der Waals surface area contributed by atoms with Crippen molar-refractivity contribution in [1.82, 2.24) is 31.5 Å². The van der Waals surface area contributed by atoms with E-state index in [4.69, 9.17) is 28.9 Å². The molecule has 15 heteroatoms. The fourth-order valence-electron chi connectivity index (χ4n) is 5.97. The molecule has 7 N–H and O–H groups in total. The molecule has 268 valence electrons. The Kier molecular flexibility index (Phi) is 15.3. The van der Waals surface area contributed by atoms with Crippen molar-refractivity contribution < 1.29 is 24.0 Å². The van der Waals surface area contributed by atoms with Crippen molar-refractivity contribution in [2.24, 2.45) is 11.7 Å². The predicted molar refractivity (Wildman–Crippen MR) is 190 cm³/mol. The van der Waals surface area contributed by atoms with Gasteiger partial charge in [0, 0.05) is 26.2 Å². The van der Waals surface area contributed by atoms with Gasteiger partial charge in [0.15, 0.2) is 0 Å². The Morgan fingerprint density at radius 1 is 1.00 bits per heavy atom. The second-order valence-corrected chi connectivity index (χ2v) is 15.9. The molecular weight excluding hydrogens is 677 g/mol. The van der Waals surface area contributed by atoms with E-state index >= 15 is 0 Å². The van der Waals surface area contributed by atoms with Gasteiger partial charge in [0.25, 0.3) is 0 Å². The van der Waals surface area contributed by atoms with Crippen molar-refractivity contribution in [2.45, 2.75) is 114 Å². The predicted octanol–water partition coefficient (Wildman–Crippen LogP) is 2.59. The molecule has 0 radical (unpaired) electrons. The van der Waals surface area contributed by atoms with Gasteiger partial charge in [0.1, 0.15) is 18.1 Å². The highest BCUT2D eigenvalue weighted by molar-refractivity contribution is 7.99. The first kappa shape index (κ1) is 39.9. The summed E-state index contributed by atoms with van der Waals surface area (Å²) in [6.07, 6.45) is 2.95. The number of hydrogen-bond acceptors (Lipinski definition) is 8. The second kappa shape index (κ2) is 18.4. The molecule has 2 aliphatic heterocycles. The molecule has 48 heavy (non-hydrogen) atoms. The largest absolute Gasteiger partial charge is 0.350 e. The lowest BCUT2D eigenvalue weighted by atomic mass is 10.00. The quantitative estimate of drug-likeness (QED) is 0.158. The van der Waals surface area contributed by atoms with Gasteiger partial charge in [-0.1, -0.05) is 37.0 Å². The fraction of sp³-hybridized carbons (Fsp3) is 0.667. The van der Waals surface area contributed by atoms with Gasteiger partial charge < -0.3 is 32.3 Å². The molecule has 2 aliphatic rings. The van der Waals surface area contributed by atoms with Gasteiger partial charge in [0.05, 0.1) is 18.6 Å². The zero-order valence-corrected chi connectivity index (χ0v) is 30.8. The molecule has 5 amide bonds. The third-order valence-electron chi connectivity index (χ3n) is 8.06. The van der Waals surface area contributed by atoms with Crippen LogP contribution < -0.4 is 32.3 Å². The molecule has 0 bridgehead atoms. The Hall–Kier alpha value is -2.58. The Morgan fingerprint density at radius 3 is 2.31 bits per heavy atom. The summed E-state index contributed by atoms with van der Waals surface area (Å²) in [4.78, 5) is 71.2. The molecular formula is C33H51Cl2N7O5S. The molecule has 2 saturated heterocycles. The Balaban J connectivity index is 2.12. The van der Waals surface area contributed by atoms with Crippen molar-refractivity contribution in [2.75, 3.05) is 25.4 Å². The average molecular weight is 729 g/mol. The highest BCUT2D eigenvalue weighted by atomic mass is 35.5. The van der Waals surface area contributed by atoms with Gasteiger partial charge >= 0.3 is 0 Å². The van der Waals surface area contributed by atoms with Gasteiger partial charge in [-0.3, -0.25) is 28.9 Å². The van der Waals surface area contributed by atoms with Gasteiger partial charge in [0.2, 0.25) is 29.5 Å². The van der Waals surface area contributed by atoms with Crippen LogP contribution >= 0.6 is 35.0 Å². The first-order chi connectivity index (χ1) is 22.6. The number of carbonyl (C=O) groups excluding carboxylic acids is 5. The Morgan fingerprint density at radius 2 is 1.69 bits per heavy atom. The summed E-state index contributed by atoms with van der Waals surface area (Å²) in [7, 11) is 0. The summed E-state index contributed by atoms with van der Waals surface area (Å²) >= 11 is 13.9. The first-order valence-corrected chi connectivity index (χ1v) is 18.4. The van der Waals surface area contributed by atoms with Crippen LogP contribution in [0.15, 0.2) is 23.1 Å². The van der Waals surface area contributed by atoms with Crippen molar-refractivity contribution >= 4 is 64.5 Å². The van der Waals surface area contributed by atoms with Crippen LogP contribution in [-0.4, -0.2) is 95.6 Å². The normalized spacial score (nSPS) is 24.9. The number of benzene rings is 1. The third-order valence-corrected chi connectivity index (χ3v) is 9.59. The van der Waals surface area contributed by atoms with Crippen molar-refractivity contribution in [3.05, 3.63) is 28.2 Å². The number of fused-ring (bicyclic) bond motifs is 1. The van der Waals surface area contributed by atoms with Crippen molar-refractivity contribution in [1.29, 1.82) is 0 Å². The number of hydrogen-bond donors (Lipinski definition) is 6. The van der Waals surface area contributed by atoms with E-state index in [1.54, 1.807) is 18.2 Å². The van der Waals surface area contributed by atoms with Crippen LogP contribution in [0.5, 0.6) is 0 Å². The molecule has 12 nitrogen and oxygen atoms in total. The van der Waals surface area contributed by atoms with Gasteiger partial charge in [-0.25, -0.2) is 0 Å². The van der Waals surface area contributed by atoms with Gasteiger partial charge in [-0.05, 0) is 96.5 Å². The number of carbonyl (C=O) groups is 5. The summed E-state index contributed by atoms with van der Waals surface area (Å²) in [6.45, 7) is 9.93. The maximum Gasteiger partial charge on any atom is 0.243 e. The number of nitrogens with two attached hydrogens (primary N) is 1. The smallest absolute Gasteiger partial charge is 0.243 e. The monoisotopic (exact) mass is 727 g/mol. The minimum Gasteiger partial charge on any atom is -0.350 e. The summed E-state index contributed by atoms with van der Waals surface area (Å²) in [5.41, 5.74) is 5.10. The van der Waals surface area contributed by atoms with E-state index in [0.717, 1.165) is 4.90 Å². The number of nitrogens with one attached hydrogen (secondary N) is 5. The second-order valence-electron chi connectivity index (χ2n) is 13.9. The number of thioether (sulfide) groups is 1. The highest BCUT2D eigenvalue weighted by Gasteiger charge is 2.45. The van der Waals surface area contributed by atoms with Crippen LogP contribution in [0.25, 0.3) is 0 Å². The molecule has 0 unspecified atom stereocenters. The van der Waals surface area contributed by atoms with Crippen LogP contribution in [-0.2, 0) is 24.0 Å². The van der Waals surface area contributed by atoms with Crippen molar-refractivity contribution in [3.8, 4) is 0 Å². The summed E-state index contributed by atoms with van der Waals surface area (Å²) in [5.74, 6) is -1.99. The van der Waals surface area contributed by atoms with E-state index in [1.165, 1.54) is 11.8 Å². The zero-order valence-electron chi connectivity index (χ0n) is 28.5. The number of amides is 5. The maximum atomic E-state index is 14.3. The SMILES string of the molecule is CC(C)C[C@H]1NC(=O)[C@@H]2CCCN2[C@H](C(=O)NC(C)(C)C)[C@H](CSc2cc(Cl)cc(Cl)c2)NC(=O)[C@H](CCCCN)NC(=O)CNC1=O. The standard InChI is InChI=1S/C33H51Cl2N7O5S/c1-19(2)13-24-29(44)37-17-27(43)38-23(9-6-7-11-36)30(45)40-25(18-48-22-15-20(34)14-21(35)16-22)28(32(47)41-33(3,4)5)42-12-8-10-26(42)31(46)39-24/h14-16,19,23-26,28H,6-13,17-18,36H2,1-5H3,(H,37,44)(H,38,43)(H,39,46)(H,40,45)(H,41,47)/t23-,24+,25-,26-,28-/m0/s1. The van der Waals surface area contributed by atoms with Crippen LogP contribution in [0.1, 0.15) is 73.1 Å². The van der Waals surface area contributed by atoms with E-state index in [0.29, 0.717) is 61.7 Å². The van der Waals surface area contributed by atoms with Crippen molar-refractivity contribution in [3.63, 3.8) is 0 Å². The van der Waals surface area contributed by atoms with E-state index in [9.17, 15) is 24.0 Å². The lowest BCUT2D eigenvalue weighted by Gasteiger charge is -2.39. The minimum absolute atomic E-state index is 0.0668. The summed E-state index contributed by atoms with van der Waals surface area (Å²) in [6, 6.07) is 0.739. The number of nitrogens with zero attached hydrogens (tertiary/aromatic N) is 1. The minimum atomic E-state index is -0.975. The molecule has 2 fully saturated rings. The molecule has 0 aromatic heterocycles. The fourth-order valence-corrected chi connectivity index (χ4v) is 7.69. The average Bonchev–Trinajstić information content (AvgIpc) is 3.45. The molecule has 2 heterocycles. The van der Waals surface area contributed by atoms with Crippen LogP contribution in [0, 0.1) is 5.92 Å². The molecule has 0 saturated carbocycles. The van der Waals surface area contributed by atoms with Crippen LogP contribution in [0.4, 0.5) is 0 Å². The molecule has 3 rings (SSSR count). The Labute approximate surface area is 298 Å². The van der Waals surface area contributed by atoms with E-state index in [-0.39, 0.29) is 30.0 Å². The Bertz CT molecular complexity index is 1290. The van der Waals surface area contributed by atoms with Crippen LogP contribution in [0.3, 0.4) is 0 Å². The van der Waals surface area contributed by atoms with E-state index < -0.39 is 53.5 Å². The van der Waals surface area contributed by atoms with E-state index in [1.807, 2.05) is 39.5 Å². The van der Waals surface area contributed by atoms with Crippen LogP contribution in [0.2, 0.25) is 10.0 Å². The zero-order chi connectivity index (χ0) is 35.6.